The van der Waals surface area contributed by atoms with Gasteiger partial charge in [0, 0.05) is 29.3 Å². The van der Waals surface area contributed by atoms with E-state index in [1.807, 2.05) is 11.8 Å². The Hall–Kier alpha value is -0.510. The van der Waals surface area contributed by atoms with Crippen LogP contribution in [0.15, 0.2) is 29.2 Å². The summed E-state index contributed by atoms with van der Waals surface area (Å²) in [4.78, 5) is 4.00. The molecule has 0 aromatic heterocycles. The summed E-state index contributed by atoms with van der Waals surface area (Å²) < 4.78 is 0. The smallest absolute Gasteiger partial charge is 0.0558 e. The van der Waals surface area contributed by atoms with E-state index in [0.29, 0.717) is 11.9 Å². The van der Waals surface area contributed by atoms with E-state index in [9.17, 15) is 5.11 Å². The fourth-order valence-corrected chi connectivity index (χ4v) is 4.79. The SMILES string of the molecule is OCCN(CC1Cc2ccccc2S1)C1CCCC1. The third-order valence-electron chi connectivity index (χ3n) is 4.38. The van der Waals surface area contributed by atoms with Crippen molar-refractivity contribution in [3.05, 3.63) is 29.8 Å². The third-order valence-corrected chi connectivity index (χ3v) is 5.68. The Morgan fingerprint density at radius 3 is 2.74 bits per heavy atom. The van der Waals surface area contributed by atoms with Crippen LogP contribution in [0, 0.1) is 0 Å². The lowest BCUT2D eigenvalue weighted by Crippen LogP contribution is -2.40. The summed E-state index contributed by atoms with van der Waals surface area (Å²) in [5.74, 6) is 0. The van der Waals surface area contributed by atoms with Gasteiger partial charge in [-0.15, -0.1) is 11.8 Å². The van der Waals surface area contributed by atoms with Gasteiger partial charge in [0.2, 0.25) is 0 Å². The largest absolute Gasteiger partial charge is 0.395 e. The van der Waals surface area contributed by atoms with Crippen LogP contribution >= 0.6 is 11.8 Å². The molecule has 3 rings (SSSR count). The molecule has 2 nitrogen and oxygen atoms in total. The zero-order valence-electron chi connectivity index (χ0n) is 11.4. The van der Waals surface area contributed by atoms with Gasteiger partial charge in [0.15, 0.2) is 0 Å². The zero-order valence-corrected chi connectivity index (χ0v) is 12.2. The number of hydrogen-bond acceptors (Lipinski definition) is 3. The summed E-state index contributed by atoms with van der Waals surface area (Å²) in [5, 5.41) is 9.97. The van der Waals surface area contributed by atoms with Crippen LogP contribution in [0.4, 0.5) is 0 Å². The summed E-state index contributed by atoms with van der Waals surface area (Å²) in [6.07, 6.45) is 6.57. The number of hydrogen-bond donors (Lipinski definition) is 1. The van der Waals surface area contributed by atoms with Crippen LogP contribution in [0.5, 0.6) is 0 Å². The standard InChI is InChI=1S/C16H23NOS/c18-10-9-17(14-6-2-3-7-14)12-15-11-13-5-1-4-8-16(13)19-15/h1,4-5,8,14-15,18H,2-3,6-7,9-12H2. The van der Waals surface area contributed by atoms with Gasteiger partial charge >= 0.3 is 0 Å². The summed E-state index contributed by atoms with van der Waals surface area (Å²) in [7, 11) is 0. The van der Waals surface area contributed by atoms with Crippen molar-refractivity contribution in [2.45, 2.75) is 48.3 Å². The van der Waals surface area contributed by atoms with Gasteiger partial charge in [-0.2, -0.15) is 0 Å². The minimum atomic E-state index is 0.292. The molecular weight excluding hydrogens is 254 g/mol. The molecule has 1 N–H and O–H groups in total. The van der Waals surface area contributed by atoms with Crippen molar-refractivity contribution in [3.63, 3.8) is 0 Å². The first kappa shape index (κ1) is 13.5. The predicted octanol–water partition coefficient (Wildman–Crippen LogP) is 2.94. The molecule has 1 aliphatic heterocycles. The molecule has 1 unspecified atom stereocenters. The molecule has 0 amide bonds. The highest BCUT2D eigenvalue weighted by molar-refractivity contribution is 8.00. The molecule has 1 aromatic carbocycles. The van der Waals surface area contributed by atoms with Crippen molar-refractivity contribution in [2.75, 3.05) is 19.7 Å². The molecular formula is C16H23NOS. The molecule has 3 heteroatoms. The Kier molecular flexibility index (Phi) is 4.46. The quantitative estimate of drug-likeness (QED) is 0.895. The van der Waals surface area contributed by atoms with Crippen LogP contribution in [-0.2, 0) is 6.42 Å². The second kappa shape index (κ2) is 6.29. The molecule has 1 aromatic rings. The van der Waals surface area contributed by atoms with E-state index in [-0.39, 0.29) is 0 Å². The number of rotatable bonds is 5. The highest BCUT2D eigenvalue weighted by Crippen LogP contribution is 2.37. The van der Waals surface area contributed by atoms with E-state index in [0.717, 1.165) is 19.1 Å². The van der Waals surface area contributed by atoms with Gasteiger partial charge in [-0.25, -0.2) is 0 Å². The number of aliphatic hydroxyl groups is 1. The minimum Gasteiger partial charge on any atom is -0.395 e. The molecule has 0 spiro atoms. The number of benzene rings is 1. The second-order valence-corrected chi connectivity index (χ2v) is 7.05. The molecule has 0 bridgehead atoms. The van der Waals surface area contributed by atoms with Crippen molar-refractivity contribution in [3.8, 4) is 0 Å². The van der Waals surface area contributed by atoms with Crippen LogP contribution in [0.25, 0.3) is 0 Å². The first-order valence-corrected chi connectivity index (χ1v) is 8.34. The topological polar surface area (TPSA) is 23.5 Å². The summed E-state index contributed by atoms with van der Waals surface area (Å²) in [5.41, 5.74) is 1.51. The second-order valence-electron chi connectivity index (χ2n) is 5.71. The van der Waals surface area contributed by atoms with Crippen molar-refractivity contribution in [1.29, 1.82) is 0 Å². The maximum Gasteiger partial charge on any atom is 0.0558 e. The highest BCUT2D eigenvalue weighted by Gasteiger charge is 2.28. The molecule has 0 radical (unpaired) electrons. The van der Waals surface area contributed by atoms with E-state index in [1.54, 1.807) is 0 Å². The van der Waals surface area contributed by atoms with Crippen molar-refractivity contribution >= 4 is 11.8 Å². The van der Waals surface area contributed by atoms with Gasteiger partial charge < -0.3 is 5.11 Å². The van der Waals surface area contributed by atoms with Gasteiger partial charge in [-0.3, -0.25) is 4.90 Å². The molecule has 0 saturated heterocycles. The van der Waals surface area contributed by atoms with Crippen LogP contribution in [0.3, 0.4) is 0 Å². The highest BCUT2D eigenvalue weighted by atomic mass is 32.2. The first-order chi connectivity index (χ1) is 9.36. The van der Waals surface area contributed by atoms with E-state index < -0.39 is 0 Å². The summed E-state index contributed by atoms with van der Waals surface area (Å²) >= 11 is 2.03. The summed E-state index contributed by atoms with van der Waals surface area (Å²) in [6.45, 7) is 2.27. The van der Waals surface area contributed by atoms with Crippen LogP contribution < -0.4 is 0 Å². The Bertz CT molecular complexity index is 392. The molecule has 1 fully saturated rings. The van der Waals surface area contributed by atoms with Crippen LogP contribution in [0.2, 0.25) is 0 Å². The van der Waals surface area contributed by atoms with Gasteiger partial charge in [-0.1, -0.05) is 31.0 Å². The normalized spacial score (nSPS) is 23.2. The lowest BCUT2D eigenvalue weighted by Gasteiger charge is -2.30. The zero-order chi connectivity index (χ0) is 13.1. The first-order valence-electron chi connectivity index (χ1n) is 7.46. The van der Waals surface area contributed by atoms with E-state index in [4.69, 9.17) is 0 Å². The lowest BCUT2D eigenvalue weighted by atomic mass is 10.1. The molecule has 1 atom stereocenters. The monoisotopic (exact) mass is 277 g/mol. The Labute approximate surface area is 120 Å². The van der Waals surface area contributed by atoms with Crippen LogP contribution in [0.1, 0.15) is 31.2 Å². The fraction of sp³-hybridized carbons (Fsp3) is 0.625. The Morgan fingerprint density at radius 1 is 1.21 bits per heavy atom. The van der Waals surface area contributed by atoms with Crippen molar-refractivity contribution < 1.29 is 5.11 Å². The van der Waals surface area contributed by atoms with E-state index in [2.05, 4.69) is 29.2 Å². The van der Waals surface area contributed by atoms with Gasteiger partial charge in [0.1, 0.15) is 0 Å². The number of nitrogens with zero attached hydrogens (tertiary/aromatic N) is 1. The lowest BCUT2D eigenvalue weighted by molar-refractivity contribution is 0.152. The average Bonchev–Trinajstić information content (AvgIpc) is 3.07. The molecule has 104 valence electrons. The predicted molar refractivity (Wildman–Crippen MR) is 80.7 cm³/mol. The van der Waals surface area contributed by atoms with Crippen molar-refractivity contribution in [1.82, 2.24) is 4.90 Å². The average molecular weight is 277 g/mol. The maximum atomic E-state index is 9.30. The molecule has 19 heavy (non-hydrogen) atoms. The molecule has 2 aliphatic rings. The fourth-order valence-electron chi connectivity index (χ4n) is 3.44. The number of thioether (sulfide) groups is 1. The number of aliphatic hydroxyl groups excluding tert-OH is 1. The van der Waals surface area contributed by atoms with Gasteiger partial charge in [0.05, 0.1) is 6.61 Å². The van der Waals surface area contributed by atoms with E-state index >= 15 is 0 Å². The molecule has 1 heterocycles. The molecule has 1 aliphatic carbocycles. The molecule has 1 saturated carbocycles. The van der Waals surface area contributed by atoms with Crippen LogP contribution in [-0.4, -0.2) is 41.0 Å². The van der Waals surface area contributed by atoms with Crippen molar-refractivity contribution in [2.24, 2.45) is 0 Å². The van der Waals surface area contributed by atoms with Gasteiger partial charge in [0.25, 0.3) is 0 Å². The third kappa shape index (κ3) is 3.15. The van der Waals surface area contributed by atoms with E-state index in [1.165, 1.54) is 42.6 Å². The van der Waals surface area contributed by atoms with Gasteiger partial charge in [-0.05, 0) is 30.9 Å². The Balaban J connectivity index is 1.61. The maximum absolute atomic E-state index is 9.30. The Morgan fingerprint density at radius 2 is 2.00 bits per heavy atom. The minimum absolute atomic E-state index is 0.292. The summed E-state index contributed by atoms with van der Waals surface area (Å²) in [6, 6.07) is 9.50. The number of fused-ring (bicyclic) bond motifs is 1.